The highest BCUT2D eigenvalue weighted by Gasteiger charge is 2.15. The van der Waals surface area contributed by atoms with Crippen molar-refractivity contribution in [1.82, 2.24) is 9.38 Å². The highest BCUT2D eigenvalue weighted by atomic mass is 32.2. The van der Waals surface area contributed by atoms with Crippen molar-refractivity contribution in [1.29, 1.82) is 5.26 Å². The van der Waals surface area contributed by atoms with Gasteiger partial charge in [0.25, 0.3) is 0 Å². The van der Waals surface area contributed by atoms with Crippen molar-refractivity contribution in [3.63, 3.8) is 0 Å². The lowest BCUT2D eigenvalue weighted by Gasteiger charge is -2.10. The molecule has 0 N–H and O–H groups in total. The molecule has 0 saturated heterocycles. The van der Waals surface area contributed by atoms with Gasteiger partial charge in [0, 0.05) is 5.75 Å². The Kier molecular flexibility index (Phi) is 3.28. The normalized spacial score (nSPS) is 10.9. The topological polar surface area (TPSA) is 81.2 Å². The van der Waals surface area contributed by atoms with E-state index in [1.165, 1.54) is 0 Å². The van der Waals surface area contributed by atoms with Crippen LogP contribution in [0, 0.1) is 18.3 Å². The van der Waals surface area contributed by atoms with Crippen LogP contribution >= 0.6 is 11.8 Å². The van der Waals surface area contributed by atoms with Crippen molar-refractivity contribution in [3.8, 4) is 6.07 Å². The Balaban J connectivity index is 2.36. The van der Waals surface area contributed by atoms with Crippen molar-refractivity contribution in [2.24, 2.45) is 0 Å². The monoisotopic (exact) mass is 296 g/mol. The number of imidazole rings is 1. The highest BCUT2D eigenvalue weighted by Crippen LogP contribution is 2.29. The van der Waals surface area contributed by atoms with Crippen LogP contribution in [-0.2, 0) is 4.79 Å². The maximum atomic E-state index is 10.7. The number of nitrogens with zero attached hydrogens (tertiary/aromatic N) is 3. The van der Waals surface area contributed by atoms with Crippen LogP contribution in [0.4, 0.5) is 0 Å². The molecule has 0 spiro atoms. The second-order valence-corrected chi connectivity index (χ2v) is 5.57. The molecule has 3 rings (SSSR count). The van der Waals surface area contributed by atoms with Gasteiger partial charge < -0.3 is 9.90 Å². The molecule has 0 unspecified atom stereocenters. The third-order valence-electron chi connectivity index (χ3n) is 3.19. The van der Waals surface area contributed by atoms with Gasteiger partial charge in [-0.25, -0.2) is 4.98 Å². The highest BCUT2D eigenvalue weighted by molar-refractivity contribution is 7.99. The van der Waals surface area contributed by atoms with Crippen LogP contribution in [0.25, 0.3) is 16.7 Å². The number of rotatable bonds is 3. The SMILES string of the molecule is Cc1cc(SCC(=O)[O-])n2c(nc3ccccc32)c1C#N. The molecular formula is C15H10N3O2S-. The molecule has 0 fully saturated rings. The molecule has 0 atom stereocenters. The zero-order chi connectivity index (χ0) is 15.0. The molecule has 21 heavy (non-hydrogen) atoms. The van der Waals surface area contributed by atoms with Crippen LogP contribution in [0.15, 0.2) is 35.4 Å². The number of benzene rings is 1. The number of hydrogen-bond donors (Lipinski definition) is 0. The standard InChI is InChI=1S/C15H11N3O2S/c1-9-6-13(21-8-14(19)20)18-12-5-3-2-4-11(12)17-15(18)10(9)7-16/h2-6H,8H2,1H3,(H,19,20)/p-1. The number of carbonyl (C=O) groups is 1. The third kappa shape index (κ3) is 2.22. The summed E-state index contributed by atoms with van der Waals surface area (Å²) in [5.41, 5.74) is 3.46. The maximum absolute atomic E-state index is 10.7. The summed E-state index contributed by atoms with van der Waals surface area (Å²) in [5.74, 6) is -1.27. The average Bonchev–Trinajstić information content (AvgIpc) is 2.84. The summed E-state index contributed by atoms with van der Waals surface area (Å²) in [5, 5.41) is 20.8. The van der Waals surface area contributed by atoms with Gasteiger partial charge in [-0.2, -0.15) is 5.26 Å². The molecule has 0 aliphatic heterocycles. The molecule has 6 heteroatoms. The minimum atomic E-state index is -1.13. The Hall–Kier alpha value is -2.52. The lowest BCUT2D eigenvalue weighted by molar-refractivity contribution is -0.301. The number of thioether (sulfide) groups is 1. The van der Waals surface area contributed by atoms with E-state index in [1.807, 2.05) is 41.7 Å². The number of carboxylic acids is 1. The molecule has 0 bridgehead atoms. The lowest BCUT2D eigenvalue weighted by Crippen LogP contribution is -2.24. The largest absolute Gasteiger partial charge is 0.549 e. The molecule has 104 valence electrons. The molecule has 0 amide bonds. The van der Waals surface area contributed by atoms with Gasteiger partial charge in [-0.05, 0) is 30.7 Å². The van der Waals surface area contributed by atoms with Crippen molar-refractivity contribution in [2.45, 2.75) is 11.9 Å². The number of para-hydroxylation sites is 2. The van der Waals surface area contributed by atoms with E-state index in [1.54, 1.807) is 0 Å². The summed E-state index contributed by atoms with van der Waals surface area (Å²) >= 11 is 1.16. The van der Waals surface area contributed by atoms with E-state index in [0.29, 0.717) is 11.2 Å². The van der Waals surface area contributed by atoms with Crippen molar-refractivity contribution in [3.05, 3.63) is 41.5 Å². The first-order valence-electron chi connectivity index (χ1n) is 6.25. The second kappa shape index (κ2) is 5.11. The first kappa shape index (κ1) is 13.5. The predicted octanol–water partition coefficient (Wildman–Crippen LogP) is 1.51. The fourth-order valence-electron chi connectivity index (χ4n) is 2.29. The summed E-state index contributed by atoms with van der Waals surface area (Å²) in [4.78, 5) is 15.2. The van der Waals surface area contributed by atoms with Gasteiger partial charge >= 0.3 is 0 Å². The third-order valence-corrected chi connectivity index (χ3v) is 4.17. The van der Waals surface area contributed by atoms with E-state index in [0.717, 1.165) is 33.4 Å². The molecule has 3 aromatic rings. The fraction of sp³-hybridized carbons (Fsp3) is 0.133. The number of aryl methyl sites for hydroxylation is 1. The maximum Gasteiger partial charge on any atom is 0.157 e. The van der Waals surface area contributed by atoms with E-state index in [-0.39, 0.29) is 5.75 Å². The van der Waals surface area contributed by atoms with E-state index in [9.17, 15) is 15.2 Å². The quantitative estimate of drug-likeness (QED) is 0.684. The van der Waals surface area contributed by atoms with Gasteiger partial charge in [0.1, 0.15) is 6.07 Å². The van der Waals surface area contributed by atoms with E-state index < -0.39 is 5.97 Å². The number of nitriles is 1. The average molecular weight is 296 g/mol. The predicted molar refractivity (Wildman–Crippen MR) is 77.9 cm³/mol. The first-order chi connectivity index (χ1) is 10.1. The van der Waals surface area contributed by atoms with E-state index in [4.69, 9.17) is 0 Å². The minimum Gasteiger partial charge on any atom is -0.549 e. The van der Waals surface area contributed by atoms with Crippen molar-refractivity contribution in [2.75, 3.05) is 5.75 Å². The smallest absolute Gasteiger partial charge is 0.157 e. The summed E-state index contributed by atoms with van der Waals surface area (Å²) in [6, 6.07) is 11.5. The van der Waals surface area contributed by atoms with E-state index in [2.05, 4.69) is 11.1 Å². The molecule has 2 heterocycles. The van der Waals surface area contributed by atoms with Gasteiger partial charge in [-0.1, -0.05) is 12.1 Å². The van der Waals surface area contributed by atoms with Gasteiger partial charge in [-0.15, -0.1) is 11.8 Å². The van der Waals surface area contributed by atoms with Gasteiger partial charge in [0.15, 0.2) is 5.65 Å². The van der Waals surface area contributed by atoms with Crippen LogP contribution in [0.1, 0.15) is 11.1 Å². The fourth-order valence-corrected chi connectivity index (χ4v) is 3.13. The molecule has 0 radical (unpaired) electrons. The summed E-state index contributed by atoms with van der Waals surface area (Å²) < 4.78 is 1.83. The van der Waals surface area contributed by atoms with Crippen molar-refractivity contribution < 1.29 is 9.90 Å². The number of carbonyl (C=O) groups excluding carboxylic acids is 1. The second-order valence-electron chi connectivity index (χ2n) is 4.57. The van der Waals surface area contributed by atoms with Crippen molar-refractivity contribution >= 4 is 34.4 Å². The Morgan fingerprint density at radius 3 is 2.95 bits per heavy atom. The van der Waals surface area contributed by atoms with Crippen LogP contribution in [0.2, 0.25) is 0 Å². The number of aliphatic carboxylic acids is 1. The molecule has 5 nitrogen and oxygen atoms in total. The number of hydrogen-bond acceptors (Lipinski definition) is 5. The number of fused-ring (bicyclic) bond motifs is 3. The number of pyridine rings is 1. The lowest BCUT2D eigenvalue weighted by atomic mass is 10.2. The van der Waals surface area contributed by atoms with E-state index >= 15 is 0 Å². The Bertz CT molecular complexity index is 909. The Morgan fingerprint density at radius 1 is 1.48 bits per heavy atom. The van der Waals surface area contributed by atoms with Crippen LogP contribution in [-0.4, -0.2) is 21.1 Å². The molecule has 0 saturated carbocycles. The molecule has 0 aliphatic carbocycles. The van der Waals surface area contributed by atoms with Gasteiger partial charge in [-0.3, -0.25) is 4.40 Å². The van der Waals surface area contributed by atoms with Crippen LogP contribution in [0.5, 0.6) is 0 Å². The van der Waals surface area contributed by atoms with Gasteiger partial charge in [0.2, 0.25) is 0 Å². The first-order valence-corrected chi connectivity index (χ1v) is 7.24. The number of carboxylic acid groups (broad SMARTS) is 1. The zero-order valence-corrected chi connectivity index (χ0v) is 12.0. The molecule has 0 aliphatic rings. The molecular weight excluding hydrogens is 286 g/mol. The van der Waals surface area contributed by atoms with Crippen LogP contribution in [0.3, 0.4) is 0 Å². The van der Waals surface area contributed by atoms with Gasteiger partial charge in [0.05, 0.1) is 27.6 Å². The summed E-state index contributed by atoms with van der Waals surface area (Å²) in [6.07, 6.45) is 0. The van der Waals surface area contributed by atoms with Crippen LogP contribution < -0.4 is 5.11 Å². The minimum absolute atomic E-state index is 0.146. The summed E-state index contributed by atoms with van der Waals surface area (Å²) in [7, 11) is 0. The summed E-state index contributed by atoms with van der Waals surface area (Å²) in [6.45, 7) is 1.82. The zero-order valence-electron chi connectivity index (χ0n) is 11.2. The number of aromatic nitrogens is 2. The molecule has 1 aromatic carbocycles. The molecule has 2 aromatic heterocycles. The Morgan fingerprint density at radius 2 is 2.24 bits per heavy atom. The Labute approximate surface area is 124 Å².